The number of benzene rings is 12. The van der Waals surface area contributed by atoms with Gasteiger partial charge in [-0.05, 0) is 196 Å². The lowest BCUT2D eigenvalue weighted by Crippen LogP contribution is -2.35. The number of anilines is 4. The van der Waals surface area contributed by atoms with Crippen molar-refractivity contribution in [2.45, 2.75) is 104 Å². The maximum absolute atomic E-state index is 13.3. The van der Waals surface area contributed by atoms with Crippen molar-refractivity contribution in [1.82, 2.24) is 61.2 Å². The van der Waals surface area contributed by atoms with E-state index >= 15 is 0 Å². The quantitative estimate of drug-likeness (QED) is 0.0195. The fraction of sp³-hybridized carbons (Fsp3) is 0.196. The Morgan fingerprint density at radius 2 is 0.523 bits per heavy atom. The van der Waals surface area contributed by atoms with Crippen molar-refractivity contribution in [1.29, 1.82) is 0 Å². The smallest absolute Gasteiger partial charge is 0.246 e. The summed E-state index contributed by atoms with van der Waals surface area (Å²) in [5.41, 5.74) is 25.8. The summed E-state index contributed by atoms with van der Waals surface area (Å²) in [6.07, 6.45) is 5.54. The van der Waals surface area contributed by atoms with Crippen LogP contribution in [0.1, 0.15) is 128 Å². The predicted molar refractivity (Wildman–Crippen MR) is 534 cm³/mol. The zero-order valence-electron chi connectivity index (χ0n) is 76.6. The average molecular weight is 1750 g/mol. The van der Waals surface area contributed by atoms with E-state index in [0.29, 0.717) is 26.2 Å². The molecule has 132 heavy (non-hydrogen) atoms. The van der Waals surface area contributed by atoms with Gasteiger partial charge in [0.25, 0.3) is 0 Å². The van der Waals surface area contributed by atoms with Crippen molar-refractivity contribution in [3.05, 3.63) is 442 Å². The Hall–Kier alpha value is -15.1. The molecule has 0 unspecified atom stereocenters. The Bertz CT molecular complexity index is 5860. The Labute approximate surface area is 775 Å². The monoisotopic (exact) mass is 1750 g/mol. The second-order valence-corrected chi connectivity index (χ2v) is 33.3. The maximum atomic E-state index is 13.3. The highest BCUT2D eigenvalue weighted by atomic mass is 16.2. The highest BCUT2D eigenvalue weighted by Gasteiger charge is 2.26. The van der Waals surface area contributed by atoms with E-state index in [4.69, 9.17) is 0 Å². The molecule has 4 heterocycles. The van der Waals surface area contributed by atoms with E-state index in [1.54, 1.807) is 9.36 Å². The zero-order chi connectivity index (χ0) is 92.5. The van der Waals surface area contributed by atoms with Gasteiger partial charge < -0.3 is 42.5 Å². The van der Waals surface area contributed by atoms with Crippen LogP contribution >= 0.6 is 0 Å². The van der Waals surface area contributed by atoms with E-state index < -0.39 is 24.2 Å². The topological polar surface area (TPSA) is 252 Å². The van der Waals surface area contributed by atoms with Gasteiger partial charge >= 0.3 is 0 Å². The van der Waals surface area contributed by atoms with E-state index in [1.807, 2.05) is 295 Å². The van der Waals surface area contributed by atoms with Gasteiger partial charge in [-0.3, -0.25) is 28.5 Å². The van der Waals surface area contributed by atoms with Crippen LogP contribution < -0.4 is 42.5 Å². The van der Waals surface area contributed by atoms with E-state index in [9.17, 15) is 19.2 Å². The zero-order valence-corrected chi connectivity index (χ0v) is 76.6. The van der Waals surface area contributed by atoms with Crippen molar-refractivity contribution in [2.75, 3.05) is 47.4 Å². The number of rotatable bonds is 32. The molecule has 0 saturated carbocycles. The third-order valence-electron chi connectivity index (χ3n) is 22.7. The van der Waals surface area contributed by atoms with Crippen molar-refractivity contribution in [3.8, 4) is 45.0 Å². The molecule has 0 radical (unpaired) electrons. The van der Waals surface area contributed by atoms with Crippen LogP contribution in [0.4, 0.5) is 22.7 Å². The van der Waals surface area contributed by atoms with Gasteiger partial charge in [0.2, 0.25) is 23.6 Å². The summed E-state index contributed by atoms with van der Waals surface area (Å²) in [7, 11) is 3.79. The maximum Gasteiger partial charge on any atom is 0.246 e. The summed E-state index contributed by atoms with van der Waals surface area (Å²) in [5, 5.41) is 51.6. The van der Waals surface area contributed by atoms with Crippen LogP contribution in [0.25, 0.3) is 45.0 Å². The summed E-state index contributed by atoms with van der Waals surface area (Å²) in [6, 6.07) is 114. The van der Waals surface area contributed by atoms with Crippen LogP contribution in [0, 0.1) is 41.5 Å². The molecular weight excluding hydrogens is 1630 g/mol. The fourth-order valence-electron chi connectivity index (χ4n) is 14.9. The number of hydrogen-bond donors (Lipinski definition) is 8. The number of nitrogens with zero attached hydrogens (tertiary/aromatic N) is 8. The van der Waals surface area contributed by atoms with Gasteiger partial charge in [0, 0.05) is 97.7 Å². The summed E-state index contributed by atoms with van der Waals surface area (Å²) in [5.74, 6) is 0.204. The number of hydrogen-bond acceptors (Lipinski definition) is 14. The first kappa shape index (κ1) is 94.5. The molecular formula is C112H116N16O4. The lowest BCUT2D eigenvalue weighted by Gasteiger charge is -2.22. The van der Waals surface area contributed by atoms with Gasteiger partial charge in [0.05, 0.1) is 34.2 Å². The van der Waals surface area contributed by atoms with Crippen molar-refractivity contribution in [3.63, 3.8) is 0 Å². The number of carbonyl (C=O) groups is 4. The summed E-state index contributed by atoms with van der Waals surface area (Å²) < 4.78 is 3.55. The van der Waals surface area contributed by atoms with Gasteiger partial charge in [-0.1, -0.05) is 303 Å². The van der Waals surface area contributed by atoms with E-state index in [-0.39, 0.29) is 35.5 Å². The van der Waals surface area contributed by atoms with Crippen molar-refractivity contribution < 1.29 is 19.2 Å². The van der Waals surface area contributed by atoms with Crippen molar-refractivity contribution >= 4 is 46.4 Å². The Morgan fingerprint density at radius 3 is 0.773 bits per heavy atom. The molecule has 20 nitrogen and oxygen atoms in total. The molecule has 668 valence electrons. The molecule has 0 bridgehead atoms. The highest BCUT2D eigenvalue weighted by Crippen LogP contribution is 2.29. The summed E-state index contributed by atoms with van der Waals surface area (Å²) in [4.78, 5) is 52.9. The van der Waals surface area contributed by atoms with E-state index in [2.05, 4.69) is 212 Å². The first-order valence-electron chi connectivity index (χ1n) is 44.8. The molecule has 12 aromatic carbocycles. The minimum atomic E-state index is -0.461. The Balaban J connectivity index is 0.000000150. The number of carbonyl (C=O) groups excluding carboxylic acids is 4. The molecule has 4 amide bonds. The second-order valence-electron chi connectivity index (χ2n) is 33.3. The van der Waals surface area contributed by atoms with Gasteiger partial charge in [0.1, 0.15) is 24.2 Å². The molecule has 20 heteroatoms. The largest absolute Gasteiger partial charge is 0.324 e. The number of aromatic nitrogens is 8. The third-order valence-corrected chi connectivity index (χ3v) is 22.7. The molecule has 0 aliphatic heterocycles. The van der Waals surface area contributed by atoms with Crippen LogP contribution in [0.5, 0.6) is 0 Å². The van der Waals surface area contributed by atoms with Gasteiger partial charge in [-0.15, -0.1) is 0 Å². The fourth-order valence-corrected chi connectivity index (χ4v) is 14.9. The lowest BCUT2D eigenvalue weighted by molar-refractivity contribution is -0.119. The number of nitrogens with one attached hydrogen (secondary N) is 8. The number of amides is 4. The molecule has 8 N–H and O–H groups in total. The van der Waals surface area contributed by atoms with E-state index in [1.165, 1.54) is 44.5 Å². The Kier molecular flexibility index (Phi) is 34.3. The third kappa shape index (κ3) is 28.5. The molecule has 0 fully saturated rings. The van der Waals surface area contributed by atoms with Crippen LogP contribution in [0.15, 0.2) is 364 Å². The average Bonchev–Trinajstić information content (AvgIpc) is 0.963. The molecule has 6 atom stereocenters. The summed E-state index contributed by atoms with van der Waals surface area (Å²) in [6.45, 7) is 19.3. The predicted octanol–water partition coefficient (Wildman–Crippen LogP) is 21.5. The molecule has 16 rings (SSSR count). The molecule has 0 aliphatic rings. The van der Waals surface area contributed by atoms with Crippen LogP contribution in [-0.2, 0) is 46.1 Å². The SMILES string of the molecule is Cc1ccc(CCN[C@@H](C(=O)Nc2ccc(-c3ccn(C)n3)cc2)c2ccccc2)cc1.Cc1ccc(CCN[C@H](C(=O)Nc2ccc(-c3ccn(C)n3)cc2)c2ccccc2)cc1.Cc1ccc([C@@H](C)CN[C@H](C(=O)Nc2ccc(-c3ccc(C)nn3)cc2)c2ccccc2)cc1.Cc1ccc([C@H](C)CN[C@H](C(=O)Nc2ccc(-c3ccc(C)nn3)cc2)c2ccccc2)cc1. The normalized spacial score (nSPS) is 12.3. The van der Waals surface area contributed by atoms with Gasteiger partial charge in [-0.2, -0.15) is 30.6 Å². The van der Waals surface area contributed by atoms with Crippen LogP contribution in [-0.4, -0.2) is 89.8 Å². The minimum absolute atomic E-state index is 0.0781. The minimum Gasteiger partial charge on any atom is -0.324 e. The number of aryl methyl sites for hydroxylation is 8. The molecule has 0 aliphatic carbocycles. The Morgan fingerprint density at radius 1 is 0.265 bits per heavy atom. The van der Waals surface area contributed by atoms with Crippen LogP contribution in [0.3, 0.4) is 0 Å². The molecule has 4 aromatic heterocycles. The van der Waals surface area contributed by atoms with Crippen LogP contribution in [0.2, 0.25) is 0 Å². The highest BCUT2D eigenvalue weighted by molar-refractivity contribution is 5.98. The first-order chi connectivity index (χ1) is 64.1. The molecule has 0 saturated heterocycles. The van der Waals surface area contributed by atoms with E-state index in [0.717, 1.165) is 114 Å². The first-order valence-corrected chi connectivity index (χ1v) is 44.8. The molecule has 0 spiro atoms. The second kappa shape index (κ2) is 47.8. The van der Waals surface area contributed by atoms with Gasteiger partial charge in [0.15, 0.2) is 0 Å². The lowest BCUT2D eigenvalue weighted by atomic mass is 9.98. The van der Waals surface area contributed by atoms with Gasteiger partial charge in [-0.25, -0.2) is 0 Å². The van der Waals surface area contributed by atoms with Crippen molar-refractivity contribution in [2.24, 2.45) is 14.1 Å². The molecule has 16 aromatic rings. The standard InChI is InChI=1S/2C29H30N4O.2C27H28N4O/c2*1-20-9-12-23(13-10-20)21(2)19-30-28(25-7-5-4-6-8-25)29(34)31-26-16-14-24(15-17-26)27-18-11-22(3)32-33-27;2*1-20-8-10-21(11-9-20)16-18-28-26(23-6-4-3-5-7-23)27(32)29-24-14-12-22(13-15-24)25-17-19-31(2)30-25/h2*4-18,21,28,30H,19H2,1-3H3,(H,31,34);2*3-15,17,19,26,28H,16,18H2,1-2H3,(H,29,32)/t21-,28+;21-,28-;2*26-/m1010/s1. The summed E-state index contributed by atoms with van der Waals surface area (Å²) >= 11 is 0.